The van der Waals surface area contributed by atoms with E-state index in [-0.39, 0.29) is 0 Å². The monoisotopic (exact) mass is 371 g/mol. The second-order valence-corrected chi connectivity index (χ2v) is 5.92. The van der Waals surface area contributed by atoms with Gasteiger partial charge < -0.3 is 14.2 Å². The molecule has 0 amide bonds. The van der Waals surface area contributed by atoms with Crippen molar-refractivity contribution in [1.29, 1.82) is 0 Å². The van der Waals surface area contributed by atoms with Crippen LogP contribution in [0, 0.1) is 0 Å². The molecule has 1 heterocycles. The van der Waals surface area contributed by atoms with E-state index in [4.69, 9.17) is 25.8 Å². The van der Waals surface area contributed by atoms with Crippen LogP contribution in [-0.2, 0) is 9.53 Å². The normalized spacial score (nSPS) is 11.8. The zero-order valence-corrected chi connectivity index (χ0v) is 15.2. The first kappa shape index (κ1) is 18.0. The number of fused-ring (bicyclic) bond motifs is 1. The summed E-state index contributed by atoms with van der Waals surface area (Å²) in [6.45, 7) is 3.72. The second-order valence-electron chi connectivity index (χ2n) is 5.56. The molecule has 3 rings (SSSR count). The van der Waals surface area contributed by atoms with Gasteiger partial charge in [-0.05, 0) is 43.5 Å². The van der Waals surface area contributed by atoms with Crippen LogP contribution in [0.4, 0.5) is 0 Å². The van der Waals surface area contributed by atoms with E-state index in [1.807, 2.05) is 30.3 Å². The molecule has 1 atom stereocenters. The average Bonchev–Trinajstić information content (AvgIpc) is 2.63. The van der Waals surface area contributed by atoms with Gasteiger partial charge in [-0.2, -0.15) is 0 Å². The molecule has 0 fully saturated rings. The highest BCUT2D eigenvalue weighted by Gasteiger charge is 2.15. The SMILES string of the molecule is CCOC(=O)C(C)Oc1ccc(Oc2cc3ccccc3c(Cl)n2)cc1. The number of pyridine rings is 1. The van der Waals surface area contributed by atoms with E-state index in [9.17, 15) is 4.79 Å². The molecule has 0 spiro atoms. The van der Waals surface area contributed by atoms with Crippen molar-refractivity contribution in [2.75, 3.05) is 6.61 Å². The molecule has 0 aliphatic heterocycles. The van der Waals surface area contributed by atoms with Crippen LogP contribution in [0.1, 0.15) is 13.8 Å². The van der Waals surface area contributed by atoms with Crippen LogP contribution in [0.2, 0.25) is 5.15 Å². The number of ether oxygens (including phenoxy) is 3. The van der Waals surface area contributed by atoms with Crippen molar-refractivity contribution in [3.05, 3.63) is 59.8 Å². The maximum absolute atomic E-state index is 11.6. The molecule has 1 unspecified atom stereocenters. The summed E-state index contributed by atoms with van der Waals surface area (Å²) >= 11 is 6.21. The zero-order valence-electron chi connectivity index (χ0n) is 14.4. The van der Waals surface area contributed by atoms with Gasteiger partial charge in [-0.1, -0.05) is 35.9 Å². The Kier molecular flexibility index (Phi) is 5.58. The Balaban J connectivity index is 1.70. The van der Waals surface area contributed by atoms with Gasteiger partial charge in [-0.25, -0.2) is 9.78 Å². The molecule has 0 saturated heterocycles. The minimum absolute atomic E-state index is 0.320. The van der Waals surface area contributed by atoms with Crippen LogP contribution in [0.15, 0.2) is 54.6 Å². The maximum atomic E-state index is 11.6. The van der Waals surface area contributed by atoms with E-state index in [1.165, 1.54) is 0 Å². The number of rotatable bonds is 6. The van der Waals surface area contributed by atoms with Crippen molar-refractivity contribution < 1.29 is 19.0 Å². The summed E-state index contributed by atoms with van der Waals surface area (Å²) < 4.78 is 16.2. The van der Waals surface area contributed by atoms with Crippen LogP contribution in [0.5, 0.6) is 17.4 Å². The van der Waals surface area contributed by atoms with Crippen molar-refractivity contribution >= 4 is 28.3 Å². The number of carbonyl (C=O) groups is 1. The molecule has 0 saturated carbocycles. The van der Waals surface area contributed by atoms with E-state index < -0.39 is 12.1 Å². The van der Waals surface area contributed by atoms with E-state index in [0.717, 1.165) is 10.8 Å². The van der Waals surface area contributed by atoms with Gasteiger partial charge in [0.05, 0.1) is 6.61 Å². The summed E-state index contributed by atoms with van der Waals surface area (Å²) in [5.41, 5.74) is 0. The first-order valence-electron chi connectivity index (χ1n) is 8.23. The Bertz CT molecular complexity index is 911. The van der Waals surface area contributed by atoms with Crippen molar-refractivity contribution in [2.45, 2.75) is 20.0 Å². The molecule has 0 aliphatic carbocycles. The fourth-order valence-corrected chi connectivity index (χ4v) is 2.66. The van der Waals surface area contributed by atoms with Gasteiger partial charge in [0.25, 0.3) is 0 Å². The third kappa shape index (κ3) is 4.24. The third-order valence-electron chi connectivity index (χ3n) is 3.65. The summed E-state index contributed by atoms with van der Waals surface area (Å²) in [6.07, 6.45) is -0.678. The zero-order chi connectivity index (χ0) is 18.5. The van der Waals surface area contributed by atoms with Gasteiger partial charge in [-0.3, -0.25) is 0 Å². The molecular weight excluding hydrogens is 354 g/mol. The molecule has 2 aromatic carbocycles. The van der Waals surface area contributed by atoms with Crippen LogP contribution in [0.25, 0.3) is 10.8 Å². The predicted molar refractivity (Wildman–Crippen MR) is 100.0 cm³/mol. The van der Waals surface area contributed by atoms with E-state index in [2.05, 4.69) is 4.98 Å². The van der Waals surface area contributed by atoms with Crippen molar-refractivity contribution in [2.24, 2.45) is 0 Å². The fraction of sp³-hybridized carbons (Fsp3) is 0.200. The molecule has 0 N–H and O–H groups in total. The predicted octanol–water partition coefficient (Wildman–Crippen LogP) is 5.01. The Morgan fingerprint density at radius 3 is 2.54 bits per heavy atom. The number of carbonyl (C=O) groups excluding carboxylic acids is 1. The van der Waals surface area contributed by atoms with E-state index >= 15 is 0 Å². The summed E-state index contributed by atoms with van der Waals surface area (Å²) in [7, 11) is 0. The summed E-state index contributed by atoms with van der Waals surface area (Å²) in [6, 6.07) is 16.4. The van der Waals surface area contributed by atoms with Crippen LogP contribution in [-0.4, -0.2) is 23.7 Å². The van der Waals surface area contributed by atoms with Crippen molar-refractivity contribution in [1.82, 2.24) is 4.98 Å². The van der Waals surface area contributed by atoms with Crippen LogP contribution in [0.3, 0.4) is 0 Å². The topological polar surface area (TPSA) is 57.7 Å². The standard InChI is InChI=1S/C20H18ClNO4/c1-3-24-20(23)13(2)25-15-8-10-16(11-9-15)26-18-12-14-6-4-5-7-17(14)19(21)22-18/h4-13H,3H2,1-2H3. The molecule has 1 aromatic heterocycles. The lowest BCUT2D eigenvalue weighted by Crippen LogP contribution is -2.25. The lowest BCUT2D eigenvalue weighted by Gasteiger charge is -2.13. The molecule has 6 heteroatoms. The average molecular weight is 372 g/mol. The summed E-state index contributed by atoms with van der Waals surface area (Å²) in [4.78, 5) is 15.9. The first-order valence-corrected chi connectivity index (χ1v) is 8.61. The number of halogens is 1. The minimum atomic E-state index is -0.678. The highest BCUT2D eigenvalue weighted by Crippen LogP contribution is 2.29. The van der Waals surface area contributed by atoms with E-state index in [1.54, 1.807) is 38.1 Å². The molecule has 0 radical (unpaired) electrons. The quantitative estimate of drug-likeness (QED) is 0.450. The Labute approximate surface area is 156 Å². The third-order valence-corrected chi connectivity index (χ3v) is 3.94. The van der Waals surface area contributed by atoms with Gasteiger partial charge in [0, 0.05) is 11.5 Å². The Morgan fingerprint density at radius 2 is 1.81 bits per heavy atom. The number of nitrogens with zero attached hydrogens (tertiary/aromatic N) is 1. The molecule has 5 nitrogen and oxygen atoms in total. The number of hydrogen-bond acceptors (Lipinski definition) is 5. The molecule has 0 bridgehead atoms. The highest BCUT2D eigenvalue weighted by molar-refractivity contribution is 6.34. The molecule has 134 valence electrons. The van der Waals surface area contributed by atoms with Gasteiger partial charge >= 0.3 is 5.97 Å². The Hall–Kier alpha value is -2.79. The fourth-order valence-electron chi connectivity index (χ4n) is 2.40. The number of esters is 1. The first-order chi connectivity index (χ1) is 12.6. The lowest BCUT2D eigenvalue weighted by molar-refractivity contribution is -0.150. The molecular formula is C20H18ClNO4. The number of benzene rings is 2. The smallest absolute Gasteiger partial charge is 0.347 e. The van der Waals surface area contributed by atoms with E-state index in [0.29, 0.717) is 29.1 Å². The van der Waals surface area contributed by atoms with Crippen molar-refractivity contribution in [3.63, 3.8) is 0 Å². The van der Waals surface area contributed by atoms with Crippen molar-refractivity contribution in [3.8, 4) is 17.4 Å². The Morgan fingerprint density at radius 1 is 1.12 bits per heavy atom. The molecule has 3 aromatic rings. The number of aromatic nitrogens is 1. The summed E-state index contributed by atoms with van der Waals surface area (Å²) in [5, 5.41) is 2.21. The summed E-state index contributed by atoms with van der Waals surface area (Å²) in [5.74, 6) is 1.13. The van der Waals surface area contributed by atoms with Gasteiger partial charge in [0.2, 0.25) is 5.88 Å². The van der Waals surface area contributed by atoms with Gasteiger partial charge in [-0.15, -0.1) is 0 Å². The van der Waals surface area contributed by atoms with Crippen LogP contribution >= 0.6 is 11.6 Å². The lowest BCUT2D eigenvalue weighted by atomic mass is 10.2. The molecule has 26 heavy (non-hydrogen) atoms. The second kappa shape index (κ2) is 8.06. The largest absolute Gasteiger partial charge is 0.479 e. The van der Waals surface area contributed by atoms with Gasteiger partial charge in [0.15, 0.2) is 6.10 Å². The number of hydrogen-bond donors (Lipinski definition) is 0. The minimum Gasteiger partial charge on any atom is -0.479 e. The molecule has 0 aliphatic rings. The maximum Gasteiger partial charge on any atom is 0.347 e. The van der Waals surface area contributed by atoms with Crippen LogP contribution < -0.4 is 9.47 Å². The highest BCUT2D eigenvalue weighted by atomic mass is 35.5. The van der Waals surface area contributed by atoms with Gasteiger partial charge in [0.1, 0.15) is 16.7 Å².